The number of rotatable bonds is 5. The van der Waals surface area contributed by atoms with Crippen molar-refractivity contribution in [1.29, 1.82) is 0 Å². The van der Waals surface area contributed by atoms with Gasteiger partial charge in [0.15, 0.2) is 5.69 Å². The third-order valence-corrected chi connectivity index (χ3v) is 6.96. The maximum atomic E-state index is 12.6. The van der Waals surface area contributed by atoms with Crippen LogP contribution in [0.2, 0.25) is 5.02 Å². The van der Waals surface area contributed by atoms with E-state index in [1.807, 2.05) is 25.7 Å². The highest BCUT2D eigenvalue weighted by molar-refractivity contribution is 8.14. The number of benzene rings is 1. The molecule has 1 aromatic carbocycles. The molecule has 0 radical (unpaired) electrons. The molecule has 0 saturated carbocycles. The molecule has 4 rings (SSSR count). The second-order valence-corrected chi connectivity index (χ2v) is 10.5. The van der Waals surface area contributed by atoms with Crippen LogP contribution < -0.4 is 10.1 Å². The Kier molecular flexibility index (Phi) is 7.27. The summed E-state index contributed by atoms with van der Waals surface area (Å²) in [5.41, 5.74) is 1.88. The van der Waals surface area contributed by atoms with E-state index in [4.69, 9.17) is 27.6 Å². The summed E-state index contributed by atoms with van der Waals surface area (Å²) in [7, 11) is 0. The first-order valence-electron chi connectivity index (χ1n) is 10.8. The van der Waals surface area contributed by atoms with E-state index in [0.717, 1.165) is 5.56 Å². The summed E-state index contributed by atoms with van der Waals surface area (Å²) < 4.78 is 12.2. The van der Waals surface area contributed by atoms with Gasteiger partial charge < -0.3 is 19.7 Å². The molecule has 33 heavy (non-hydrogen) atoms. The number of hydrogen-bond acceptors (Lipinski definition) is 7. The third-order valence-electron chi connectivity index (χ3n) is 5.72. The Morgan fingerprint density at radius 3 is 2.70 bits per heavy atom. The van der Waals surface area contributed by atoms with Gasteiger partial charge in [0, 0.05) is 30.2 Å². The largest absolute Gasteiger partial charge is 0.473 e. The number of carbonyl (C=O) groups excluding carboxylic acids is 1. The number of hydrogen-bond donors (Lipinski definition) is 1. The van der Waals surface area contributed by atoms with Gasteiger partial charge in [0.1, 0.15) is 18.2 Å². The van der Waals surface area contributed by atoms with Gasteiger partial charge in [0.05, 0.1) is 36.1 Å². The van der Waals surface area contributed by atoms with Gasteiger partial charge in [-0.1, -0.05) is 43.3 Å². The summed E-state index contributed by atoms with van der Waals surface area (Å²) in [5, 5.41) is 4.02. The first kappa shape index (κ1) is 23.6. The van der Waals surface area contributed by atoms with Crippen molar-refractivity contribution >= 4 is 45.8 Å². The van der Waals surface area contributed by atoms with E-state index in [1.54, 1.807) is 18.2 Å². The van der Waals surface area contributed by atoms with E-state index in [1.165, 1.54) is 18.1 Å². The predicted molar refractivity (Wildman–Crippen MR) is 130 cm³/mol. The van der Waals surface area contributed by atoms with Gasteiger partial charge in [-0.05, 0) is 19.1 Å². The SMILES string of the molecule is [C-]#[N+]c1ccc(Nc2ncnc(OC3C4COCC3CN(C(=O)SC(C)C)C4)c2C)c(Cl)c1. The second-order valence-electron chi connectivity index (χ2n) is 8.53. The average Bonchev–Trinajstić information content (AvgIpc) is 2.76. The van der Waals surface area contributed by atoms with Crippen molar-refractivity contribution in [3.05, 3.63) is 46.5 Å². The van der Waals surface area contributed by atoms with Crippen LogP contribution in [0.5, 0.6) is 5.88 Å². The van der Waals surface area contributed by atoms with Crippen LogP contribution in [0.1, 0.15) is 19.4 Å². The van der Waals surface area contributed by atoms with Crippen molar-refractivity contribution < 1.29 is 14.3 Å². The molecule has 2 saturated heterocycles. The van der Waals surface area contributed by atoms with Crippen molar-refractivity contribution in [2.75, 3.05) is 31.6 Å². The van der Waals surface area contributed by atoms with E-state index in [9.17, 15) is 4.79 Å². The van der Waals surface area contributed by atoms with Gasteiger partial charge in [0.25, 0.3) is 5.24 Å². The topological polar surface area (TPSA) is 80.9 Å². The third kappa shape index (κ3) is 5.35. The van der Waals surface area contributed by atoms with E-state index in [0.29, 0.717) is 54.4 Å². The van der Waals surface area contributed by atoms with Crippen molar-refractivity contribution in [3.8, 4) is 5.88 Å². The number of carbonyl (C=O) groups is 1. The van der Waals surface area contributed by atoms with Gasteiger partial charge >= 0.3 is 0 Å². The summed E-state index contributed by atoms with van der Waals surface area (Å²) >= 11 is 7.68. The number of thioether (sulfide) groups is 1. The fourth-order valence-electron chi connectivity index (χ4n) is 4.13. The second kappa shape index (κ2) is 10.2. The van der Waals surface area contributed by atoms with Crippen LogP contribution in [0.25, 0.3) is 4.85 Å². The smallest absolute Gasteiger partial charge is 0.281 e. The van der Waals surface area contributed by atoms with Crippen LogP contribution in [-0.4, -0.2) is 57.8 Å². The number of nitrogens with one attached hydrogen (secondary N) is 1. The molecule has 2 aromatic rings. The molecule has 0 aliphatic carbocycles. The molecule has 1 amide bonds. The average molecular weight is 488 g/mol. The molecule has 2 bridgehead atoms. The summed E-state index contributed by atoms with van der Waals surface area (Å²) in [6.07, 6.45) is 1.37. The lowest BCUT2D eigenvalue weighted by Crippen LogP contribution is -2.58. The zero-order valence-corrected chi connectivity index (χ0v) is 20.3. The summed E-state index contributed by atoms with van der Waals surface area (Å²) in [6, 6.07) is 5.06. The first-order chi connectivity index (χ1) is 15.9. The minimum Gasteiger partial charge on any atom is -0.473 e. The molecule has 1 N–H and O–H groups in total. The molecule has 2 unspecified atom stereocenters. The Balaban J connectivity index is 1.49. The highest BCUT2D eigenvalue weighted by Gasteiger charge is 2.43. The van der Waals surface area contributed by atoms with Crippen molar-refractivity contribution in [2.24, 2.45) is 11.8 Å². The van der Waals surface area contributed by atoms with Gasteiger partial charge in [-0.3, -0.25) is 4.79 Å². The molecular formula is C23H26ClN5O3S. The molecule has 10 heteroatoms. The Bertz CT molecular complexity index is 1060. The number of fused-ring (bicyclic) bond motifs is 2. The van der Waals surface area contributed by atoms with Gasteiger partial charge in [-0.25, -0.2) is 14.8 Å². The van der Waals surface area contributed by atoms with E-state index < -0.39 is 0 Å². The fraction of sp³-hybridized carbons (Fsp3) is 0.478. The van der Waals surface area contributed by atoms with Crippen LogP contribution in [-0.2, 0) is 4.74 Å². The summed E-state index contributed by atoms with van der Waals surface area (Å²) in [4.78, 5) is 26.6. The summed E-state index contributed by atoms with van der Waals surface area (Å²) in [6.45, 7) is 15.4. The number of halogens is 1. The molecule has 2 aliphatic heterocycles. The van der Waals surface area contributed by atoms with Crippen LogP contribution >= 0.6 is 23.4 Å². The zero-order chi connectivity index (χ0) is 23.5. The van der Waals surface area contributed by atoms with Crippen LogP contribution in [0, 0.1) is 25.3 Å². The minimum atomic E-state index is -0.0881. The standard InChI is InChI=1S/C23H26ClN5O3S/c1-13(2)33-23(30)29-8-15-10-31-11-16(9-29)20(15)32-22-14(3)21(26-12-27-22)28-19-6-5-17(25-4)7-18(19)24/h5-7,12-13,15-16,20H,8-11H2,1-3H3,(H,26,27,28). The summed E-state index contributed by atoms with van der Waals surface area (Å²) in [5.74, 6) is 1.24. The van der Waals surface area contributed by atoms with E-state index >= 15 is 0 Å². The molecule has 0 spiro atoms. The Hall–Kier alpha value is -2.54. The monoisotopic (exact) mass is 487 g/mol. The molecule has 1 aromatic heterocycles. The zero-order valence-electron chi connectivity index (χ0n) is 18.7. The minimum absolute atomic E-state index is 0.0793. The fourth-order valence-corrected chi connectivity index (χ4v) is 5.05. The van der Waals surface area contributed by atoms with Crippen LogP contribution in [0.15, 0.2) is 24.5 Å². The maximum Gasteiger partial charge on any atom is 0.281 e. The number of nitrogens with zero attached hydrogens (tertiary/aromatic N) is 4. The molecule has 8 nitrogen and oxygen atoms in total. The Morgan fingerprint density at radius 2 is 2.06 bits per heavy atom. The molecule has 3 heterocycles. The van der Waals surface area contributed by atoms with E-state index in [2.05, 4.69) is 20.1 Å². The van der Waals surface area contributed by atoms with Crippen molar-refractivity contribution in [2.45, 2.75) is 32.1 Å². The first-order valence-corrected chi connectivity index (χ1v) is 12.1. The lowest BCUT2D eigenvalue weighted by Gasteiger charge is -2.46. The lowest BCUT2D eigenvalue weighted by atomic mass is 9.85. The van der Waals surface area contributed by atoms with E-state index in [-0.39, 0.29) is 28.4 Å². The number of ether oxygens (including phenoxy) is 2. The molecule has 2 fully saturated rings. The number of anilines is 2. The van der Waals surface area contributed by atoms with Gasteiger partial charge in [-0.15, -0.1) is 0 Å². The highest BCUT2D eigenvalue weighted by atomic mass is 35.5. The number of piperidine rings is 1. The Labute approximate surface area is 202 Å². The highest BCUT2D eigenvalue weighted by Crippen LogP contribution is 2.35. The predicted octanol–water partition coefficient (Wildman–Crippen LogP) is 5.32. The quantitative estimate of drug-likeness (QED) is 0.571. The number of aromatic nitrogens is 2. The number of amides is 1. The Morgan fingerprint density at radius 1 is 1.33 bits per heavy atom. The van der Waals surface area contributed by atoms with Crippen molar-refractivity contribution in [1.82, 2.24) is 14.9 Å². The maximum absolute atomic E-state index is 12.6. The normalized spacial score (nSPS) is 22.1. The molecule has 174 valence electrons. The number of likely N-dealkylation sites (tertiary alicyclic amines) is 1. The molecule has 2 atom stereocenters. The van der Waals surface area contributed by atoms with Gasteiger partial charge in [0.2, 0.25) is 5.88 Å². The lowest BCUT2D eigenvalue weighted by molar-refractivity contribution is -0.104. The van der Waals surface area contributed by atoms with Crippen molar-refractivity contribution in [3.63, 3.8) is 0 Å². The van der Waals surface area contributed by atoms with Crippen LogP contribution in [0.4, 0.5) is 22.0 Å². The molecule has 2 aliphatic rings. The molecular weight excluding hydrogens is 462 g/mol. The van der Waals surface area contributed by atoms with Crippen LogP contribution in [0.3, 0.4) is 0 Å². The van der Waals surface area contributed by atoms with Gasteiger partial charge in [-0.2, -0.15) is 0 Å².